The van der Waals surface area contributed by atoms with Crippen LogP contribution in [-0.2, 0) is 6.54 Å². The molecule has 0 amide bonds. The van der Waals surface area contributed by atoms with Crippen LogP contribution in [0.25, 0.3) is 11.2 Å². The smallest absolute Gasteiger partial charge is 0.160 e. The number of imidazole rings is 1. The standard InChI is InChI=1S/C15H21ClN4/c16-12-9-13-15(18-10-12)20(8-4-7-17)14(19-13)11-5-2-1-3-6-11/h9-11H,1-8,17H2. The van der Waals surface area contributed by atoms with Gasteiger partial charge in [0.1, 0.15) is 11.3 Å². The van der Waals surface area contributed by atoms with E-state index in [0.717, 1.165) is 24.1 Å². The Morgan fingerprint density at radius 1 is 1.30 bits per heavy atom. The maximum atomic E-state index is 6.04. The van der Waals surface area contributed by atoms with E-state index in [4.69, 9.17) is 22.3 Å². The van der Waals surface area contributed by atoms with Crippen molar-refractivity contribution in [3.05, 3.63) is 23.1 Å². The molecule has 0 radical (unpaired) electrons. The summed E-state index contributed by atoms with van der Waals surface area (Å²) in [5, 5.41) is 0.649. The lowest BCUT2D eigenvalue weighted by molar-refractivity contribution is 0.415. The summed E-state index contributed by atoms with van der Waals surface area (Å²) < 4.78 is 2.26. The average molecular weight is 293 g/mol. The summed E-state index contributed by atoms with van der Waals surface area (Å²) in [5.74, 6) is 1.75. The van der Waals surface area contributed by atoms with Gasteiger partial charge in [0.2, 0.25) is 0 Å². The van der Waals surface area contributed by atoms with E-state index in [2.05, 4.69) is 9.55 Å². The number of aryl methyl sites for hydroxylation is 1. The van der Waals surface area contributed by atoms with Crippen LogP contribution in [0.4, 0.5) is 0 Å². The molecule has 0 unspecified atom stereocenters. The van der Waals surface area contributed by atoms with E-state index in [0.29, 0.717) is 17.5 Å². The molecule has 2 heterocycles. The minimum atomic E-state index is 0.564. The molecule has 1 aliphatic carbocycles. The van der Waals surface area contributed by atoms with Gasteiger partial charge in [-0.15, -0.1) is 0 Å². The molecule has 5 heteroatoms. The molecule has 0 aromatic carbocycles. The van der Waals surface area contributed by atoms with Crippen LogP contribution in [0.5, 0.6) is 0 Å². The fourth-order valence-electron chi connectivity index (χ4n) is 3.15. The number of aromatic nitrogens is 3. The van der Waals surface area contributed by atoms with Crippen LogP contribution in [0, 0.1) is 0 Å². The van der Waals surface area contributed by atoms with Crippen molar-refractivity contribution in [1.29, 1.82) is 0 Å². The first-order valence-electron chi connectivity index (χ1n) is 7.51. The fraction of sp³-hybridized carbons (Fsp3) is 0.600. The molecule has 0 aliphatic heterocycles. The summed E-state index contributed by atoms with van der Waals surface area (Å²) in [5.41, 5.74) is 7.53. The molecule has 0 bridgehead atoms. The number of nitrogens with two attached hydrogens (primary N) is 1. The highest BCUT2D eigenvalue weighted by Crippen LogP contribution is 2.34. The second kappa shape index (κ2) is 6.10. The van der Waals surface area contributed by atoms with Gasteiger partial charge in [-0.05, 0) is 31.9 Å². The van der Waals surface area contributed by atoms with Gasteiger partial charge in [0.25, 0.3) is 0 Å². The van der Waals surface area contributed by atoms with Crippen LogP contribution >= 0.6 is 11.6 Å². The Labute approximate surface area is 124 Å². The Balaban J connectivity index is 2.03. The van der Waals surface area contributed by atoms with E-state index < -0.39 is 0 Å². The number of nitrogens with zero attached hydrogens (tertiary/aromatic N) is 3. The summed E-state index contributed by atoms with van der Waals surface area (Å²) in [6, 6.07) is 1.91. The van der Waals surface area contributed by atoms with E-state index in [1.165, 1.54) is 37.9 Å². The predicted molar refractivity (Wildman–Crippen MR) is 82.0 cm³/mol. The molecule has 0 saturated heterocycles. The van der Waals surface area contributed by atoms with E-state index in [-0.39, 0.29) is 0 Å². The fourth-order valence-corrected chi connectivity index (χ4v) is 3.30. The van der Waals surface area contributed by atoms with Gasteiger partial charge in [-0.1, -0.05) is 30.9 Å². The van der Waals surface area contributed by atoms with Gasteiger partial charge in [-0.25, -0.2) is 9.97 Å². The van der Waals surface area contributed by atoms with Crippen LogP contribution in [0.15, 0.2) is 12.3 Å². The molecule has 2 N–H and O–H groups in total. The van der Waals surface area contributed by atoms with Crippen molar-refractivity contribution in [2.75, 3.05) is 6.54 Å². The average Bonchev–Trinajstić information content (AvgIpc) is 2.83. The topological polar surface area (TPSA) is 56.7 Å². The molecular weight excluding hydrogens is 272 g/mol. The third-order valence-electron chi connectivity index (χ3n) is 4.14. The van der Waals surface area contributed by atoms with Gasteiger partial charge in [0.05, 0.1) is 5.02 Å². The van der Waals surface area contributed by atoms with E-state index >= 15 is 0 Å². The Morgan fingerprint density at radius 2 is 2.10 bits per heavy atom. The van der Waals surface area contributed by atoms with E-state index in [1.807, 2.05) is 6.07 Å². The van der Waals surface area contributed by atoms with Crippen molar-refractivity contribution in [3.8, 4) is 0 Å². The molecule has 108 valence electrons. The molecule has 1 fully saturated rings. The SMILES string of the molecule is NCCCn1c(C2CCCCC2)nc2cc(Cl)cnc21. The van der Waals surface area contributed by atoms with Crippen molar-refractivity contribution < 1.29 is 0 Å². The normalized spacial score (nSPS) is 16.9. The molecule has 0 spiro atoms. The van der Waals surface area contributed by atoms with Crippen LogP contribution in [0.1, 0.15) is 50.3 Å². The molecule has 2 aromatic rings. The monoisotopic (exact) mass is 292 g/mol. The maximum absolute atomic E-state index is 6.04. The predicted octanol–water partition coefficient (Wildman–Crippen LogP) is 3.48. The second-order valence-corrected chi connectivity index (χ2v) is 6.03. The molecule has 3 rings (SSSR count). The highest BCUT2D eigenvalue weighted by Gasteiger charge is 2.22. The first-order valence-corrected chi connectivity index (χ1v) is 7.89. The number of hydrogen-bond acceptors (Lipinski definition) is 3. The van der Waals surface area contributed by atoms with Crippen LogP contribution in [-0.4, -0.2) is 21.1 Å². The zero-order valence-corrected chi connectivity index (χ0v) is 12.4. The van der Waals surface area contributed by atoms with Crippen molar-refractivity contribution >= 4 is 22.8 Å². The van der Waals surface area contributed by atoms with Gasteiger partial charge in [0, 0.05) is 18.7 Å². The first-order chi connectivity index (χ1) is 9.79. The van der Waals surface area contributed by atoms with Crippen LogP contribution in [0.3, 0.4) is 0 Å². The second-order valence-electron chi connectivity index (χ2n) is 5.60. The Kier molecular flexibility index (Phi) is 4.22. The summed E-state index contributed by atoms with van der Waals surface area (Å²) in [4.78, 5) is 9.30. The summed E-state index contributed by atoms with van der Waals surface area (Å²) in [6.07, 6.45) is 9.09. The van der Waals surface area contributed by atoms with Crippen molar-refractivity contribution in [2.24, 2.45) is 5.73 Å². The molecule has 4 nitrogen and oxygen atoms in total. The molecule has 1 saturated carbocycles. The van der Waals surface area contributed by atoms with Gasteiger partial charge in [0.15, 0.2) is 5.65 Å². The number of halogens is 1. The lowest BCUT2D eigenvalue weighted by Gasteiger charge is -2.22. The minimum Gasteiger partial charge on any atom is -0.330 e. The summed E-state index contributed by atoms with van der Waals surface area (Å²) >= 11 is 6.04. The summed E-state index contributed by atoms with van der Waals surface area (Å²) in [7, 11) is 0. The third kappa shape index (κ3) is 2.67. The van der Waals surface area contributed by atoms with Crippen molar-refractivity contribution in [1.82, 2.24) is 14.5 Å². The number of hydrogen-bond donors (Lipinski definition) is 1. The third-order valence-corrected chi connectivity index (χ3v) is 4.34. The maximum Gasteiger partial charge on any atom is 0.160 e. The van der Waals surface area contributed by atoms with Crippen LogP contribution < -0.4 is 5.73 Å². The lowest BCUT2D eigenvalue weighted by atomic mass is 9.88. The zero-order valence-electron chi connectivity index (χ0n) is 11.7. The van der Waals surface area contributed by atoms with Gasteiger partial charge < -0.3 is 10.3 Å². The molecule has 2 aromatic heterocycles. The van der Waals surface area contributed by atoms with Gasteiger partial charge in [-0.2, -0.15) is 0 Å². The summed E-state index contributed by atoms with van der Waals surface area (Å²) in [6.45, 7) is 1.59. The van der Waals surface area contributed by atoms with Crippen molar-refractivity contribution in [2.45, 2.75) is 51.0 Å². The molecule has 20 heavy (non-hydrogen) atoms. The largest absolute Gasteiger partial charge is 0.330 e. The van der Waals surface area contributed by atoms with Gasteiger partial charge in [-0.3, -0.25) is 0 Å². The van der Waals surface area contributed by atoms with Gasteiger partial charge >= 0.3 is 0 Å². The number of fused-ring (bicyclic) bond motifs is 1. The van der Waals surface area contributed by atoms with Crippen LogP contribution in [0.2, 0.25) is 5.02 Å². The molecule has 1 aliphatic rings. The first kappa shape index (κ1) is 13.8. The van der Waals surface area contributed by atoms with Crippen molar-refractivity contribution in [3.63, 3.8) is 0 Å². The molecule has 0 atom stereocenters. The minimum absolute atomic E-state index is 0.564. The van der Waals surface area contributed by atoms with E-state index in [9.17, 15) is 0 Å². The van der Waals surface area contributed by atoms with E-state index in [1.54, 1.807) is 6.20 Å². The highest BCUT2D eigenvalue weighted by molar-refractivity contribution is 6.31. The molecular formula is C15H21ClN4. The highest BCUT2D eigenvalue weighted by atomic mass is 35.5. The number of rotatable bonds is 4. The Morgan fingerprint density at radius 3 is 2.85 bits per heavy atom. The Bertz CT molecular complexity index is 587. The Hall–Kier alpha value is -1.13. The number of pyridine rings is 1. The lowest BCUT2D eigenvalue weighted by Crippen LogP contribution is -2.14. The zero-order chi connectivity index (χ0) is 13.9. The quantitative estimate of drug-likeness (QED) is 0.938.